The van der Waals surface area contributed by atoms with Crippen molar-refractivity contribution in [3.8, 4) is 0 Å². The third-order valence-electron chi connectivity index (χ3n) is 2.90. The predicted octanol–water partition coefficient (Wildman–Crippen LogP) is 2.62. The van der Waals surface area contributed by atoms with Crippen LogP contribution in [0.3, 0.4) is 0 Å². The van der Waals surface area contributed by atoms with E-state index in [0.717, 1.165) is 24.7 Å². The normalized spacial score (nSPS) is 19.1. The van der Waals surface area contributed by atoms with Gasteiger partial charge in [0.25, 0.3) is 0 Å². The van der Waals surface area contributed by atoms with Crippen LogP contribution in [0.25, 0.3) is 0 Å². The van der Waals surface area contributed by atoms with Crippen LogP contribution < -0.4 is 4.90 Å². The minimum absolute atomic E-state index is 0.0681. The minimum atomic E-state index is 0.0681. The first-order chi connectivity index (χ1) is 7.98. The molecule has 0 radical (unpaired) electrons. The summed E-state index contributed by atoms with van der Waals surface area (Å²) in [4.78, 5) is 17.9. The highest BCUT2D eigenvalue weighted by molar-refractivity contribution is 8.00. The van der Waals surface area contributed by atoms with Crippen LogP contribution >= 0.6 is 11.8 Å². The molecule has 92 valence electrons. The predicted molar refractivity (Wildman–Crippen MR) is 73.0 cm³/mol. The Balaban J connectivity index is 2.14. The Morgan fingerprint density at radius 1 is 1.47 bits per heavy atom. The van der Waals surface area contributed by atoms with Crippen molar-refractivity contribution >= 4 is 23.4 Å². The summed E-state index contributed by atoms with van der Waals surface area (Å²) in [7, 11) is 0. The highest BCUT2D eigenvalue weighted by Gasteiger charge is 2.27. The third kappa shape index (κ3) is 3.00. The second-order valence-electron chi connectivity index (χ2n) is 4.99. The molecule has 0 atom stereocenters. The molecule has 1 aliphatic heterocycles. The van der Waals surface area contributed by atoms with Crippen molar-refractivity contribution in [2.75, 3.05) is 23.7 Å². The monoisotopic (exact) mass is 250 g/mol. The first kappa shape index (κ1) is 12.4. The topological polar surface area (TPSA) is 33.2 Å². The second kappa shape index (κ2) is 4.69. The maximum atomic E-state index is 11.2. The van der Waals surface area contributed by atoms with Crippen LogP contribution in [0.4, 0.5) is 5.82 Å². The van der Waals surface area contributed by atoms with Crippen LogP contribution in [0, 0.1) is 0 Å². The summed E-state index contributed by atoms with van der Waals surface area (Å²) in [6.45, 7) is 8.11. The quantitative estimate of drug-likeness (QED) is 0.755. The fraction of sp³-hybridized carbons (Fsp3) is 0.538. The molecule has 2 heterocycles. The molecule has 0 spiro atoms. The van der Waals surface area contributed by atoms with Crippen LogP contribution in [0.15, 0.2) is 18.3 Å². The molecule has 0 saturated carbocycles. The van der Waals surface area contributed by atoms with E-state index in [9.17, 15) is 4.79 Å². The van der Waals surface area contributed by atoms with Gasteiger partial charge in [0, 0.05) is 35.3 Å². The first-order valence-corrected chi connectivity index (χ1v) is 6.82. The largest absolute Gasteiger partial charge is 0.354 e. The fourth-order valence-electron chi connectivity index (χ4n) is 1.99. The molecule has 4 heteroatoms. The maximum absolute atomic E-state index is 11.2. The zero-order chi connectivity index (χ0) is 12.5. The summed E-state index contributed by atoms with van der Waals surface area (Å²) in [5.41, 5.74) is 0.680. The van der Waals surface area contributed by atoms with Crippen molar-refractivity contribution in [2.24, 2.45) is 0 Å². The maximum Gasteiger partial charge on any atom is 0.161 e. The smallest absolute Gasteiger partial charge is 0.161 e. The molecule has 2 rings (SSSR count). The SMILES string of the molecule is CC(=O)c1ccc(N2CCSC(C)(C)C2)nc1. The summed E-state index contributed by atoms with van der Waals surface area (Å²) in [5.74, 6) is 2.17. The number of pyridine rings is 1. The number of hydrogen-bond donors (Lipinski definition) is 0. The van der Waals surface area contributed by atoms with E-state index < -0.39 is 0 Å². The molecule has 0 unspecified atom stereocenters. The lowest BCUT2D eigenvalue weighted by molar-refractivity contribution is 0.101. The van der Waals surface area contributed by atoms with Gasteiger partial charge in [0.1, 0.15) is 5.82 Å². The molecule has 1 saturated heterocycles. The Labute approximate surface area is 107 Å². The second-order valence-corrected chi connectivity index (χ2v) is 6.79. The minimum Gasteiger partial charge on any atom is -0.354 e. The Bertz CT molecular complexity index is 414. The van der Waals surface area contributed by atoms with Gasteiger partial charge in [-0.15, -0.1) is 0 Å². The van der Waals surface area contributed by atoms with Crippen molar-refractivity contribution < 1.29 is 4.79 Å². The van der Waals surface area contributed by atoms with E-state index in [-0.39, 0.29) is 10.5 Å². The molecule has 0 aliphatic carbocycles. The lowest BCUT2D eigenvalue weighted by atomic mass is 10.1. The highest BCUT2D eigenvalue weighted by Crippen LogP contribution is 2.31. The molecule has 1 aromatic rings. The third-order valence-corrected chi connectivity index (χ3v) is 4.20. The van der Waals surface area contributed by atoms with Gasteiger partial charge >= 0.3 is 0 Å². The standard InChI is InChI=1S/C13H18N2OS/c1-10(16)11-4-5-12(14-8-11)15-6-7-17-13(2,3)9-15/h4-5,8H,6-7,9H2,1-3H3. The van der Waals surface area contributed by atoms with Crippen LogP contribution in [-0.4, -0.2) is 34.4 Å². The van der Waals surface area contributed by atoms with Gasteiger partial charge in [-0.1, -0.05) is 0 Å². The lowest BCUT2D eigenvalue weighted by Gasteiger charge is -2.38. The van der Waals surface area contributed by atoms with Crippen molar-refractivity contribution in [3.63, 3.8) is 0 Å². The van der Waals surface area contributed by atoms with Crippen LogP contribution in [-0.2, 0) is 0 Å². The molecular formula is C13H18N2OS. The lowest BCUT2D eigenvalue weighted by Crippen LogP contribution is -2.43. The molecular weight excluding hydrogens is 232 g/mol. The van der Waals surface area contributed by atoms with Crippen LogP contribution in [0.5, 0.6) is 0 Å². The molecule has 17 heavy (non-hydrogen) atoms. The zero-order valence-electron chi connectivity index (χ0n) is 10.6. The molecule has 0 N–H and O–H groups in total. The van der Waals surface area contributed by atoms with Gasteiger partial charge in [0.15, 0.2) is 5.78 Å². The first-order valence-electron chi connectivity index (χ1n) is 5.84. The number of Topliss-reactive ketones (excluding diaryl/α,β-unsaturated/α-hetero) is 1. The van der Waals surface area contributed by atoms with Gasteiger partial charge in [0.2, 0.25) is 0 Å². The number of carbonyl (C=O) groups excluding carboxylic acids is 1. The summed E-state index contributed by atoms with van der Waals surface area (Å²) in [6, 6.07) is 3.81. The number of hydrogen-bond acceptors (Lipinski definition) is 4. The van der Waals surface area contributed by atoms with Gasteiger partial charge < -0.3 is 4.90 Å². The number of aromatic nitrogens is 1. The van der Waals surface area contributed by atoms with Gasteiger partial charge in [-0.25, -0.2) is 4.98 Å². The summed E-state index contributed by atoms with van der Waals surface area (Å²) in [5, 5.41) is 0. The van der Waals surface area contributed by atoms with Crippen LogP contribution in [0.2, 0.25) is 0 Å². The van der Waals surface area contributed by atoms with Crippen molar-refractivity contribution in [1.82, 2.24) is 4.98 Å². The van der Waals surface area contributed by atoms with E-state index in [4.69, 9.17) is 0 Å². The average Bonchev–Trinajstić information content (AvgIpc) is 2.28. The highest BCUT2D eigenvalue weighted by atomic mass is 32.2. The van der Waals surface area contributed by atoms with Crippen molar-refractivity contribution in [3.05, 3.63) is 23.9 Å². The van der Waals surface area contributed by atoms with Crippen molar-refractivity contribution in [1.29, 1.82) is 0 Å². The zero-order valence-corrected chi connectivity index (χ0v) is 11.4. The Morgan fingerprint density at radius 3 is 2.76 bits per heavy atom. The van der Waals surface area contributed by atoms with E-state index in [1.54, 1.807) is 13.1 Å². The average molecular weight is 250 g/mol. The molecule has 3 nitrogen and oxygen atoms in total. The molecule has 0 amide bonds. The van der Waals surface area contributed by atoms with E-state index >= 15 is 0 Å². The Morgan fingerprint density at radius 2 is 2.24 bits per heavy atom. The Kier molecular flexibility index (Phi) is 3.43. The number of anilines is 1. The van der Waals surface area contributed by atoms with Gasteiger partial charge in [-0.2, -0.15) is 11.8 Å². The van der Waals surface area contributed by atoms with E-state index in [1.807, 2.05) is 23.9 Å². The van der Waals surface area contributed by atoms with E-state index in [2.05, 4.69) is 23.7 Å². The fourth-order valence-corrected chi connectivity index (χ4v) is 3.10. The number of carbonyl (C=O) groups is 1. The van der Waals surface area contributed by atoms with Gasteiger partial charge in [-0.3, -0.25) is 4.79 Å². The number of thioether (sulfide) groups is 1. The molecule has 1 aliphatic rings. The van der Waals surface area contributed by atoms with Gasteiger partial charge in [-0.05, 0) is 32.9 Å². The number of rotatable bonds is 2. The van der Waals surface area contributed by atoms with E-state index in [0.29, 0.717) is 5.56 Å². The molecule has 0 bridgehead atoms. The van der Waals surface area contributed by atoms with Gasteiger partial charge in [0.05, 0.1) is 0 Å². The molecule has 0 aromatic carbocycles. The summed E-state index contributed by atoms with van der Waals surface area (Å²) in [6.07, 6.45) is 1.67. The van der Waals surface area contributed by atoms with Crippen molar-refractivity contribution in [2.45, 2.75) is 25.5 Å². The number of ketones is 1. The number of nitrogens with zero attached hydrogens (tertiary/aromatic N) is 2. The molecule has 1 fully saturated rings. The van der Waals surface area contributed by atoms with Crippen LogP contribution in [0.1, 0.15) is 31.1 Å². The van der Waals surface area contributed by atoms with E-state index in [1.165, 1.54) is 0 Å². The summed E-state index contributed by atoms with van der Waals surface area (Å²) < 4.78 is 0.277. The summed E-state index contributed by atoms with van der Waals surface area (Å²) >= 11 is 2.00. The molecule has 1 aromatic heterocycles. The Hall–Kier alpha value is -1.03.